The highest BCUT2D eigenvalue weighted by atomic mass is 35.5. The first-order valence-electron chi connectivity index (χ1n) is 5.55. The van der Waals surface area contributed by atoms with Gasteiger partial charge in [0.25, 0.3) is 0 Å². The summed E-state index contributed by atoms with van der Waals surface area (Å²) in [5, 5.41) is 0. The Kier molecular flexibility index (Phi) is 5.21. The zero-order chi connectivity index (χ0) is 10.6. The molecule has 0 radical (unpaired) electrons. The first kappa shape index (κ1) is 12.3. The predicted octanol–water partition coefficient (Wildman–Crippen LogP) is 1.74. The third-order valence-corrected chi connectivity index (χ3v) is 3.47. The van der Waals surface area contributed by atoms with Gasteiger partial charge in [0.2, 0.25) is 0 Å². The van der Waals surface area contributed by atoms with Crippen LogP contribution in [0.3, 0.4) is 0 Å². The summed E-state index contributed by atoms with van der Waals surface area (Å²) < 4.78 is 0. The maximum absolute atomic E-state index is 5.80. The van der Waals surface area contributed by atoms with E-state index in [-0.39, 0.29) is 0 Å². The summed E-state index contributed by atoms with van der Waals surface area (Å²) >= 11 is 5.80. The van der Waals surface area contributed by atoms with E-state index in [1.165, 1.54) is 26.1 Å². The van der Waals surface area contributed by atoms with Crippen LogP contribution in [-0.4, -0.2) is 56.0 Å². The van der Waals surface area contributed by atoms with Gasteiger partial charge in [-0.3, -0.25) is 0 Å². The van der Waals surface area contributed by atoms with Crippen molar-refractivity contribution in [1.82, 2.24) is 9.80 Å². The minimum Gasteiger partial charge on any atom is -0.306 e. The summed E-state index contributed by atoms with van der Waals surface area (Å²) in [6.45, 7) is 7.10. The van der Waals surface area contributed by atoms with Gasteiger partial charge in [-0.2, -0.15) is 0 Å². The van der Waals surface area contributed by atoms with E-state index in [0.717, 1.165) is 18.3 Å². The molecule has 1 aliphatic heterocycles. The molecule has 1 saturated heterocycles. The fourth-order valence-electron chi connectivity index (χ4n) is 2.27. The lowest BCUT2D eigenvalue weighted by atomic mass is 10.1. The highest BCUT2D eigenvalue weighted by Gasteiger charge is 2.20. The second-order valence-electron chi connectivity index (χ2n) is 4.90. The summed E-state index contributed by atoms with van der Waals surface area (Å²) in [5.41, 5.74) is 0. The van der Waals surface area contributed by atoms with Crippen LogP contribution in [0.1, 0.15) is 13.3 Å². The molecule has 0 amide bonds. The summed E-state index contributed by atoms with van der Waals surface area (Å²) in [6.07, 6.45) is 1.36. The molecule has 14 heavy (non-hydrogen) atoms. The van der Waals surface area contributed by atoms with Crippen LogP contribution in [0.2, 0.25) is 0 Å². The molecule has 2 atom stereocenters. The molecular weight excluding hydrogens is 196 g/mol. The highest BCUT2D eigenvalue weighted by molar-refractivity contribution is 6.18. The Balaban J connectivity index is 2.16. The molecule has 1 rings (SSSR count). The predicted molar refractivity (Wildman–Crippen MR) is 63.0 cm³/mol. The van der Waals surface area contributed by atoms with E-state index in [4.69, 9.17) is 11.6 Å². The SMILES string of the molecule is CC(CCl)CN(C)CC1CCN(C)C1. The normalized spacial score (nSPS) is 25.9. The molecule has 2 unspecified atom stereocenters. The van der Waals surface area contributed by atoms with Gasteiger partial charge in [0.05, 0.1) is 0 Å². The molecule has 3 heteroatoms. The third kappa shape index (κ3) is 4.16. The summed E-state index contributed by atoms with van der Waals surface area (Å²) in [7, 11) is 4.42. The number of hydrogen-bond donors (Lipinski definition) is 0. The van der Waals surface area contributed by atoms with Gasteiger partial charge in [-0.15, -0.1) is 11.6 Å². The second kappa shape index (κ2) is 5.94. The van der Waals surface area contributed by atoms with Crippen molar-refractivity contribution in [2.45, 2.75) is 13.3 Å². The highest BCUT2D eigenvalue weighted by Crippen LogP contribution is 2.15. The van der Waals surface area contributed by atoms with Gasteiger partial charge in [-0.1, -0.05) is 6.92 Å². The average molecular weight is 219 g/mol. The molecule has 0 aromatic rings. The molecular formula is C11H23ClN2. The van der Waals surface area contributed by atoms with Crippen LogP contribution in [-0.2, 0) is 0 Å². The number of halogens is 1. The molecule has 2 nitrogen and oxygen atoms in total. The van der Waals surface area contributed by atoms with Crippen LogP contribution in [0.4, 0.5) is 0 Å². The minimum atomic E-state index is 0.612. The fraction of sp³-hybridized carbons (Fsp3) is 1.00. The Bertz CT molecular complexity index is 163. The van der Waals surface area contributed by atoms with Gasteiger partial charge in [-0.05, 0) is 38.9 Å². The average Bonchev–Trinajstić information content (AvgIpc) is 2.50. The minimum absolute atomic E-state index is 0.612. The number of nitrogens with zero attached hydrogens (tertiary/aromatic N) is 2. The summed E-state index contributed by atoms with van der Waals surface area (Å²) in [5.74, 6) is 2.25. The molecule has 84 valence electrons. The van der Waals surface area contributed by atoms with E-state index in [1.807, 2.05) is 0 Å². The fourth-order valence-corrected chi connectivity index (χ4v) is 2.37. The first-order valence-corrected chi connectivity index (χ1v) is 6.08. The quantitative estimate of drug-likeness (QED) is 0.649. The smallest absolute Gasteiger partial charge is 0.0261 e. The van der Waals surface area contributed by atoms with Crippen LogP contribution >= 0.6 is 11.6 Å². The van der Waals surface area contributed by atoms with Crippen LogP contribution in [0.5, 0.6) is 0 Å². The Labute approximate surface area is 93.2 Å². The standard InChI is InChI=1S/C11H23ClN2/c1-10(6-12)7-14(3)9-11-4-5-13(2)8-11/h10-11H,4-9H2,1-3H3. The number of hydrogen-bond acceptors (Lipinski definition) is 2. The lowest BCUT2D eigenvalue weighted by molar-refractivity contribution is 0.250. The van der Waals surface area contributed by atoms with Gasteiger partial charge in [0.1, 0.15) is 0 Å². The van der Waals surface area contributed by atoms with Crippen LogP contribution in [0, 0.1) is 11.8 Å². The Morgan fingerprint density at radius 2 is 2.29 bits per heavy atom. The van der Waals surface area contributed by atoms with Crippen LogP contribution in [0.25, 0.3) is 0 Å². The topological polar surface area (TPSA) is 6.48 Å². The van der Waals surface area contributed by atoms with Gasteiger partial charge in [0, 0.05) is 25.5 Å². The maximum Gasteiger partial charge on any atom is 0.0261 e. The van der Waals surface area contributed by atoms with Gasteiger partial charge < -0.3 is 9.80 Å². The summed E-state index contributed by atoms with van der Waals surface area (Å²) in [4.78, 5) is 4.85. The van der Waals surface area contributed by atoms with Crippen molar-refractivity contribution < 1.29 is 0 Å². The third-order valence-electron chi connectivity index (χ3n) is 2.95. The lowest BCUT2D eigenvalue weighted by Gasteiger charge is -2.23. The van der Waals surface area contributed by atoms with E-state index < -0.39 is 0 Å². The number of likely N-dealkylation sites (tertiary alicyclic amines) is 1. The van der Waals surface area contributed by atoms with Gasteiger partial charge in [-0.25, -0.2) is 0 Å². The summed E-state index contributed by atoms with van der Waals surface area (Å²) in [6, 6.07) is 0. The maximum atomic E-state index is 5.80. The zero-order valence-corrected chi connectivity index (χ0v) is 10.4. The molecule has 0 spiro atoms. The lowest BCUT2D eigenvalue weighted by Crippen LogP contribution is -2.31. The molecule has 0 aliphatic carbocycles. The van der Waals surface area contributed by atoms with E-state index in [2.05, 4.69) is 30.8 Å². The number of alkyl halides is 1. The van der Waals surface area contributed by atoms with Crippen molar-refractivity contribution in [3.05, 3.63) is 0 Å². The zero-order valence-electron chi connectivity index (χ0n) is 9.67. The van der Waals surface area contributed by atoms with Gasteiger partial charge in [0.15, 0.2) is 0 Å². The molecule has 1 fully saturated rings. The van der Waals surface area contributed by atoms with Gasteiger partial charge >= 0.3 is 0 Å². The molecule has 0 N–H and O–H groups in total. The Morgan fingerprint density at radius 1 is 1.57 bits per heavy atom. The second-order valence-corrected chi connectivity index (χ2v) is 5.21. The van der Waals surface area contributed by atoms with Crippen molar-refractivity contribution in [2.75, 3.05) is 46.2 Å². The van der Waals surface area contributed by atoms with E-state index in [0.29, 0.717) is 5.92 Å². The monoisotopic (exact) mass is 218 g/mol. The molecule has 0 aromatic heterocycles. The van der Waals surface area contributed by atoms with Crippen molar-refractivity contribution in [3.8, 4) is 0 Å². The molecule has 0 saturated carbocycles. The molecule has 0 aromatic carbocycles. The van der Waals surface area contributed by atoms with Crippen LogP contribution in [0.15, 0.2) is 0 Å². The molecule has 0 bridgehead atoms. The van der Waals surface area contributed by atoms with Crippen molar-refractivity contribution in [2.24, 2.45) is 11.8 Å². The molecule has 1 aliphatic rings. The van der Waals surface area contributed by atoms with E-state index in [9.17, 15) is 0 Å². The molecule has 1 heterocycles. The van der Waals surface area contributed by atoms with Crippen molar-refractivity contribution in [1.29, 1.82) is 0 Å². The van der Waals surface area contributed by atoms with Crippen molar-refractivity contribution >= 4 is 11.6 Å². The number of rotatable bonds is 5. The first-order chi connectivity index (χ1) is 6.61. The van der Waals surface area contributed by atoms with Crippen molar-refractivity contribution in [3.63, 3.8) is 0 Å². The largest absolute Gasteiger partial charge is 0.306 e. The van der Waals surface area contributed by atoms with E-state index >= 15 is 0 Å². The Morgan fingerprint density at radius 3 is 2.79 bits per heavy atom. The Hall–Kier alpha value is 0.210. The van der Waals surface area contributed by atoms with E-state index in [1.54, 1.807) is 0 Å². The van der Waals surface area contributed by atoms with Crippen LogP contribution < -0.4 is 0 Å².